The zero-order valence-corrected chi connectivity index (χ0v) is 21.9. The summed E-state index contributed by atoms with van der Waals surface area (Å²) >= 11 is 4.64. The normalized spacial score (nSPS) is 21.6. The van der Waals surface area contributed by atoms with Crippen LogP contribution in [-0.4, -0.2) is 29.1 Å². The lowest BCUT2D eigenvalue weighted by atomic mass is 9.73. The van der Waals surface area contributed by atoms with Crippen LogP contribution in [0.3, 0.4) is 0 Å². The Bertz CT molecular complexity index is 1080. The lowest BCUT2D eigenvalue weighted by molar-refractivity contribution is -0.208. The summed E-state index contributed by atoms with van der Waals surface area (Å²) in [5.74, 6) is 0. The van der Waals surface area contributed by atoms with E-state index in [0.717, 1.165) is 46.3 Å². The second-order valence-electron chi connectivity index (χ2n) is 9.14. The summed E-state index contributed by atoms with van der Waals surface area (Å²) in [6.07, 6.45) is -1.16. The Morgan fingerprint density at radius 1 is 1.09 bits per heavy atom. The third-order valence-electron chi connectivity index (χ3n) is 6.90. The van der Waals surface area contributed by atoms with Crippen LogP contribution in [0, 0.1) is 6.92 Å². The molecule has 3 aromatic rings. The van der Waals surface area contributed by atoms with Gasteiger partial charge in [-0.2, -0.15) is 13.2 Å². The second-order valence-corrected chi connectivity index (χ2v) is 11.1. The van der Waals surface area contributed by atoms with E-state index in [2.05, 4.69) is 32.7 Å². The van der Waals surface area contributed by atoms with Gasteiger partial charge in [0.05, 0.1) is 10.6 Å². The minimum absolute atomic E-state index is 0.000625. The molecule has 0 saturated carbocycles. The van der Waals surface area contributed by atoms with E-state index >= 15 is 0 Å². The third kappa shape index (κ3) is 5.12. The van der Waals surface area contributed by atoms with E-state index in [-0.39, 0.29) is 23.9 Å². The van der Waals surface area contributed by atoms with Gasteiger partial charge in [0.1, 0.15) is 10.4 Å². The zero-order valence-electron chi connectivity index (χ0n) is 19.5. The molecule has 34 heavy (non-hydrogen) atoms. The molecule has 182 valence electrons. The number of nitrogens with zero attached hydrogens (tertiary/aromatic N) is 2. The Kier molecular flexibility index (Phi) is 7.85. The number of hydrogen-bond acceptors (Lipinski definition) is 3. The van der Waals surface area contributed by atoms with Crippen LogP contribution in [0.5, 0.6) is 0 Å². The standard InChI is InChI=1S/C27H30BrF3N2S/c1-3-4-8-16-33-17-15-26(27(29,30)31,18-23(33)20-9-6-5-7-10-20)25-32-19(2)24(34-25)21-11-13-22(28)14-12-21/h5-7,9-14,23H,3-4,8,15-18H2,1-2H3. The average molecular weight is 552 g/mol. The lowest BCUT2D eigenvalue weighted by Crippen LogP contribution is -2.52. The SMILES string of the molecule is CCCCCN1CCC(c2nc(C)c(-c3ccc(Br)cc3)s2)(C(F)(F)F)CC1c1ccccc1. The van der Waals surface area contributed by atoms with Crippen molar-refractivity contribution in [2.45, 2.75) is 63.6 Å². The molecule has 2 nitrogen and oxygen atoms in total. The topological polar surface area (TPSA) is 16.1 Å². The monoisotopic (exact) mass is 550 g/mol. The number of hydrogen-bond donors (Lipinski definition) is 0. The highest BCUT2D eigenvalue weighted by atomic mass is 79.9. The van der Waals surface area contributed by atoms with Gasteiger partial charge in [-0.15, -0.1) is 11.3 Å². The lowest BCUT2D eigenvalue weighted by Gasteiger charge is -2.46. The highest BCUT2D eigenvalue weighted by molar-refractivity contribution is 9.10. The smallest absolute Gasteiger partial charge is 0.296 e. The van der Waals surface area contributed by atoms with Crippen LogP contribution in [0.25, 0.3) is 10.4 Å². The fraction of sp³-hybridized carbons (Fsp3) is 0.444. The summed E-state index contributed by atoms with van der Waals surface area (Å²) in [6, 6.07) is 17.1. The third-order valence-corrected chi connectivity index (χ3v) is 8.84. The molecule has 0 spiro atoms. The molecule has 1 fully saturated rings. The number of halogens is 4. The number of piperidine rings is 1. The number of rotatable bonds is 7. The van der Waals surface area contributed by atoms with E-state index in [0.29, 0.717) is 12.2 Å². The van der Waals surface area contributed by atoms with E-state index in [9.17, 15) is 13.2 Å². The molecule has 2 atom stereocenters. The zero-order chi connectivity index (χ0) is 24.3. The maximum absolute atomic E-state index is 14.9. The van der Waals surface area contributed by atoms with Crippen LogP contribution in [0.4, 0.5) is 13.2 Å². The second kappa shape index (κ2) is 10.5. The first-order chi connectivity index (χ1) is 16.2. The van der Waals surface area contributed by atoms with Crippen LogP contribution in [0.2, 0.25) is 0 Å². The maximum atomic E-state index is 14.9. The molecule has 2 aromatic carbocycles. The molecule has 1 aliphatic heterocycles. The summed E-state index contributed by atoms with van der Waals surface area (Å²) in [7, 11) is 0. The molecule has 0 bridgehead atoms. The quantitative estimate of drug-likeness (QED) is 0.273. The molecule has 0 N–H and O–H groups in total. The van der Waals surface area contributed by atoms with Crippen molar-refractivity contribution >= 4 is 27.3 Å². The van der Waals surface area contributed by atoms with Gasteiger partial charge in [-0.25, -0.2) is 4.98 Å². The molecule has 0 amide bonds. The van der Waals surface area contributed by atoms with Crippen molar-refractivity contribution in [3.63, 3.8) is 0 Å². The predicted octanol–water partition coefficient (Wildman–Crippen LogP) is 8.71. The highest BCUT2D eigenvalue weighted by Gasteiger charge is 2.60. The van der Waals surface area contributed by atoms with E-state index < -0.39 is 11.6 Å². The number of aryl methyl sites for hydroxylation is 1. The Morgan fingerprint density at radius 3 is 2.44 bits per heavy atom. The highest BCUT2D eigenvalue weighted by Crippen LogP contribution is 2.55. The minimum Gasteiger partial charge on any atom is -0.296 e. The van der Waals surface area contributed by atoms with Crippen molar-refractivity contribution in [1.29, 1.82) is 0 Å². The molecule has 1 saturated heterocycles. The van der Waals surface area contributed by atoms with Crippen molar-refractivity contribution in [3.8, 4) is 10.4 Å². The first-order valence-electron chi connectivity index (χ1n) is 11.8. The van der Waals surface area contributed by atoms with Crippen LogP contribution in [0.1, 0.15) is 61.3 Å². The van der Waals surface area contributed by atoms with Crippen LogP contribution < -0.4 is 0 Å². The van der Waals surface area contributed by atoms with E-state index in [1.165, 1.54) is 11.3 Å². The molecule has 7 heteroatoms. The average Bonchev–Trinajstić information content (AvgIpc) is 3.21. The van der Waals surface area contributed by atoms with Crippen LogP contribution >= 0.6 is 27.3 Å². The number of benzene rings is 2. The number of likely N-dealkylation sites (tertiary alicyclic amines) is 1. The molecule has 1 aromatic heterocycles. The van der Waals surface area contributed by atoms with Gasteiger partial charge in [-0.05, 0) is 56.0 Å². The number of aromatic nitrogens is 1. The molecule has 0 radical (unpaired) electrons. The van der Waals surface area contributed by atoms with Crippen molar-refractivity contribution in [2.75, 3.05) is 13.1 Å². The van der Waals surface area contributed by atoms with Crippen molar-refractivity contribution in [1.82, 2.24) is 9.88 Å². The van der Waals surface area contributed by atoms with Crippen LogP contribution in [0.15, 0.2) is 59.1 Å². The fourth-order valence-electron chi connectivity index (χ4n) is 4.93. The fourth-order valence-corrected chi connectivity index (χ4v) is 6.52. The number of thiazole rings is 1. The van der Waals surface area contributed by atoms with Crippen LogP contribution in [-0.2, 0) is 5.41 Å². The summed E-state index contributed by atoms with van der Waals surface area (Å²) in [4.78, 5) is 7.64. The molecule has 2 heterocycles. The largest absolute Gasteiger partial charge is 0.400 e. The Morgan fingerprint density at radius 2 is 1.79 bits per heavy atom. The summed E-state index contributed by atoms with van der Waals surface area (Å²) in [5.41, 5.74) is 0.567. The molecule has 0 aliphatic carbocycles. The first-order valence-corrected chi connectivity index (χ1v) is 13.5. The Balaban J connectivity index is 1.74. The number of unbranched alkanes of at least 4 members (excludes halogenated alkanes) is 2. The summed E-state index contributed by atoms with van der Waals surface area (Å²) in [5, 5.41) is 0.199. The van der Waals surface area contributed by atoms with Gasteiger partial charge in [-0.3, -0.25) is 4.90 Å². The predicted molar refractivity (Wildman–Crippen MR) is 137 cm³/mol. The van der Waals surface area contributed by atoms with E-state index in [4.69, 9.17) is 0 Å². The molecular weight excluding hydrogens is 521 g/mol. The van der Waals surface area contributed by atoms with Gasteiger partial charge in [-0.1, -0.05) is 78.2 Å². The maximum Gasteiger partial charge on any atom is 0.400 e. The summed E-state index contributed by atoms with van der Waals surface area (Å²) in [6.45, 7) is 5.20. The molecule has 1 aliphatic rings. The first kappa shape index (κ1) is 25.4. The van der Waals surface area contributed by atoms with Gasteiger partial charge < -0.3 is 0 Å². The molecule has 4 rings (SSSR count). The molecular formula is C27H30BrF3N2S. The minimum atomic E-state index is -4.38. The van der Waals surface area contributed by atoms with Crippen molar-refractivity contribution < 1.29 is 13.2 Å². The molecule has 2 unspecified atom stereocenters. The van der Waals surface area contributed by atoms with Gasteiger partial charge in [0.15, 0.2) is 0 Å². The van der Waals surface area contributed by atoms with Crippen molar-refractivity contribution in [2.24, 2.45) is 0 Å². The summed E-state index contributed by atoms with van der Waals surface area (Å²) < 4.78 is 45.8. The Labute approximate surface area is 212 Å². The Hall–Kier alpha value is -1.70. The van der Waals surface area contributed by atoms with Gasteiger partial charge in [0.25, 0.3) is 0 Å². The van der Waals surface area contributed by atoms with E-state index in [1.807, 2.05) is 61.5 Å². The van der Waals surface area contributed by atoms with E-state index in [1.54, 1.807) is 0 Å². The van der Waals surface area contributed by atoms with Gasteiger partial charge in [0.2, 0.25) is 0 Å². The van der Waals surface area contributed by atoms with Crippen molar-refractivity contribution in [3.05, 3.63) is 75.3 Å². The number of alkyl halides is 3. The van der Waals surface area contributed by atoms with Gasteiger partial charge >= 0.3 is 6.18 Å². The van der Waals surface area contributed by atoms with Gasteiger partial charge in [0, 0.05) is 17.1 Å².